The molecule has 0 rings (SSSR count). The number of carbonyl (C=O) groups excluding carboxylic acids is 1. The maximum atomic E-state index is 10.1. The van der Waals surface area contributed by atoms with Crippen molar-refractivity contribution in [2.45, 2.75) is 6.42 Å². The molecule has 0 heterocycles. The fourth-order valence-electron chi connectivity index (χ4n) is 0.615. The molecule has 0 aliphatic carbocycles. The van der Waals surface area contributed by atoms with Gasteiger partial charge in [0.15, 0.2) is 0 Å². The lowest BCUT2D eigenvalue weighted by atomic mass is 10.4. The zero-order valence-electron chi connectivity index (χ0n) is 7.19. The molecule has 0 atom stereocenters. The molecule has 0 radical (unpaired) electrons. The lowest BCUT2D eigenvalue weighted by Crippen LogP contribution is -2.27. The Hall–Kier alpha value is -1.50. The first-order chi connectivity index (χ1) is 6.16. The summed E-state index contributed by atoms with van der Waals surface area (Å²) in [6.07, 6.45) is -0.356. The van der Waals surface area contributed by atoms with E-state index < -0.39 is 6.09 Å². The number of nitrogens with two attached hydrogens (primary N) is 2. The molecular weight excluding hydrogens is 176 g/mol. The average Bonchev–Trinajstić information content (AvgIpc) is 2.10. The van der Waals surface area contributed by atoms with Crippen molar-refractivity contribution in [2.24, 2.45) is 16.6 Å². The largest absolute Gasteiger partial charge is 0.448 e. The highest BCUT2D eigenvalue weighted by atomic mass is 16.5. The number of carbonyl (C=O) groups is 1. The fourth-order valence-corrected chi connectivity index (χ4v) is 0.615. The first-order valence-electron chi connectivity index (χ1n) is 3.76. The normalized spacial score (nSPS) is 11.2. The Labute approximate surface area is 75.7 Å². The summed E-state index contributed by atoms with van der Waals surface area (Å²) in [7, 11) is 0. The molecule has 1 amide bonds. The summed E-state index contributed by atoms with van der Waals surface area (Å²) in [5.74, 6) is 0.156. The van der Waals surface area contributed by atoms with Gasteiger partial charge in [-0.3, -0.25) is 0 Å². The molecule has 0 aromatic heterocycles. The maximum absolute atomic E-state index is 10.1. The van der Waals surface area contributed by atoms with Crippen LogP contribution in [0.15, 0.2) is 5.16 Å². The first-order valence-corrected chi connectivity index (χ1v) is 3.76. The van der Waals surface area contributed by atoms with E-state index in [4.69, 9.17) is 16.7 Å². The molecule has 13 heavy (non-hydrogen) atoms. The van der Waals surface area contributed by atoms with Crippen LogP contribution >= 0.6 is 0 Å². The summed E-state index contributed by atoms with van der Waals surface area (Å²) in [5, 5.41) is 13.8. The molecular formula is C6H14N4O3. The topological polar surface area (TPSA) is 123 Å². The predicted octanol–water partition coefficient (Wildman–Crippen LogP) is -1.19. The van der Waals surface area contributed by atoms with E-state index in [1.807, 2.05) is 0 Å². The van der Waals surface area contributed by atoms with Crippen LogP contribution in [0.4, 0.5) is 4.79 Å². The lowest BCUT2D eigenvalue weighted by Gasteiger charge is -2.03. The van der Waals surface area contributed by atoms with Crippen molar-refractivity contribution >= 4 is 11.9 Å². The minimum atomic E-state index is -0.793. The van der Waals surface area contributed by atoms with Gasteiger partial charge in [-0.1, -0.05) is 5.16 Å². The molecule has 0 spiro atoms. The second-order valence-corrected chi connectivity index (χ2v) is 2.26. The Balaban J connectivity index is 3.13. The van der Waals surface area contributed by atoms with Crippen molar-refractivity contribution in [3.8, 4) is 0 Å². The molecule has 0 fully saturated rings. The summed E-state index contributed by atoms with van der Waals surface area (Å²) in [6, 6.07) is 0. The molecule has 0 aromatic carbocycles. The molecule has 0 aromatic rings. The molecule has 7 heteroatoms. The zero-order valence-corrected chi connectivity index (χ0v) is 7.19. The first kappa shape index (κ1) is 11.5. The second-order valence-electron chi connectivity index (χ2n) is 2.26. The van der Waals surface area contributed by atoms with E-state index in [0.717, 1.165) is 0 Å². The Kier molecular flexibility index (Phi) is 6.34. The predicted molar refractivity (Wildman–Crippen MR) is 46.4 cm³/mol. The van der Waals surface area contributed by atoms with Gasteiger partial charge in [0.05, 0.1) is 0 Å². The summed E-state index contributed by atoms with van der Waals surface area (Å²) < 4.78 is 4.44. The number of nitrogens with one attached hydrogen (secondary N) is 1. The lowest BCUT2D eigenvalue weighted by molar-refractivity contribution is 0.157. The minimum Gasteiger partial charge on any atom is -0.448 e. The van der Waals surface area contributed by atoms with Crippen molar-refractivity contribution in [1.82, 2.24) is 5.32 Å². The van der Waals surface area contributed by atoms with Gasteiger partial charge in [0, 0.05) is 19.5 Å². The summed E-state index contributed by atoms with van der Waals surface area (Å²) >= 11 is 0. The fraction of sp³-hybridized carbons (Fsp3) is 0.667. The van der Waals surface area contributed by atoms with Crippen molar-refractivity contribution in [3.05, 3.63) is 0 Å². The molecule has 6 N–H and O–H groups in total. The summed E-state index contributed by atoms with van der Waals surface area (Å²) in [6.45, 7) is 1.26. The number of amides is 1. The highest BCUT2D eigenvalue weighted by molar-refractivity contribution is 5.79. The van der Waals surface area contributed by atoms with Gasteiger partial charge in [0.25, 0.3) is 0 Å². The quantitative estimate of drug-likeness (QED) is 0.138. The zero-order chi connectivity index (χ0) is 10.1. The van der Waals surface area contributed by atoms with Gasteiger partial charge in [0.2, 0.25) is 0 Å². The van der Waals surface area contributed by atoms with E-state index in [1.165, 1.54) is 0 Å². The third-order valence-corrected chi connectivity index (χ3v) is 1.21. The summed E-state index contributed by atoms with van der Waals surface area (Å²) in [5.41, 5.74) is 9.91. The molecule has 0 saturated heterocycles. The van der Waals surface area contributed by atoms with Crippen LogP contribution in [0.2, 0.25) is 0 Å². The maximum Gasteiger partial charge on any atom is 0.404 e. The van der Waals surface area contributed by atoms with Gasteiger partial charge >= 0.3 is 6.09 Å². The van der Waals surface area contributed by atoms with Crippen molar-refractivity contribution < 1.29 is 14.7 Å². The van der Waals surface area contributed by atoms with Crippen LogP contribution in [0.1, 0.15) is 6.42 Å². The van der Waals surface area contributed by atoms with E-state index in [1.54, 1.807) is 0 Å². The Morgan fingerprint density at radius 2 is 2.15 bits per heavy atom. The third kappa shape index (κ3) is 8.41. The van der Waals surface area contributed by atoms with Gasteiger partial charge in [-0.25, -0.2) is 4.79 Å². The average molecular weight is 190 g/mol. The third-order valence-electron chi connectivity index (χ3n) is 1.21. The highest BCUT2D eigenvalue weighted by Crippen LogP contribution is 1.77. The molecule has 0 unspecified atom stereocenters. The van der Waals surface area contributed by atoms with E-state index in [-0.39, 0.29) is 12.4 Å². The molecule has 0 aliphatic rings. The van der Waals surface area contributed by atoms with Crippen molar-refractivity contribution in [3.63, 3.8) is 0 Å². The standard InChI is InChI=1S/C6H14N4O3/c7-5(10-12)1-2-9-3-4-13-6(8)11/h9,12H,1-4H2,(H2,7,10)(H2,8,11). The number of amidine groups is 1. The van der Waals surface area contributed by atoms with Gasteiger partial charge in [-0.05, 0) is 0 Å². The number of oxime groups is 1. The van der Waals surface area contributed by atoms with E-state index in [9.17, 15) is 4.79 Å². The van der Waals surface area contributed by atoms with Crippen LogP contribution in [0.3, 0.4) is 0 Å². The van der Waals surface area contributed by atoms with E-state index in [2.05, 4.69) is 15.2 Å². The van der Waals surface area contributed by atoms with Gasteiger partial charge in [-0.15, -0.1) is 0 Å². The van der Waals surface area contributed by atoms with Gasteiger partial charge < -0.3 is 26.7 Å². The Morgan fingerprint density at radius 1 is 1.46 bits per heavy atom. The number of rotatable bonds is 6. The van der Waals surface area contributed by atoms with Crippen LogP contribution in [0.25, 0.3) is 0 Å². The monoisotopic (exact) mass is 190 g/mol. The number of primary amides is 1. The number of ether oxygens (including phenoxy) is 1. The van der Waals surface area contributed by atoms with Crippen LogP contribution in [-0.2, 0) is 4.74 Å². The molecule has 0 aliphatic heterocycles. The SMILES string of the molecule is NC(=O)OCCNCCC(N)=NO. The Bertz CT molecular complexity index is 183. The Morgan fingerprint density at radius 3 is 2.69 bits per heavy atom. The molecule has 0 saturated carbocycles. The number of hydrogen-bond donors (Lipinski definition) is 4. The van der Waals surface area contributed by atoms with Gasteiger partial charge in [0.1, 0.15) is 12.4 Å². The highest BCUT2D eigenvalue weighted by Gasteiger charge is 1.94. The molecule has 0 bridgehead atoms. The van der Waals surface area contributed by atoms with Crippen LogP contribution in [-0.4, -0.2) is 36.8 Å². The van der Waals surface area contributed by atoms with Crippen LogP contribution < -0.4 is 16.8 Å². The van der Waals surface area contributed by atoms with Crippen molar-refractivity contribution in [1.29, 1.82) is 0 Å². The number of nitrogens with zero attached hydrogens (tertiary/aromatic N) is 1. The van der Waals surface area contributed by atoms with E-state index >= 15 is 0 Å². The summed E-state index contributed by atoms with van der Waals surface area (Å²) in [4.78, 5) is 10.1. The smallest absolute Gasteiger partial charge is 0.404 e. The van der Waals surface area contributed by atoms with Gasteiger partial charge in [-0.2, -0.15) is 0 Å². The molecule has 76 valence electrons. The minimum absolute atomic E-state index is 0.156. The van der Waals surface area contributed by atoms with E-state index in [0.29, 0.717) is 19.5 Å². The molecule has 7 nitrogen and oxygen atoms in total. The van der Waals surface area contributed by atoms with Crippen LogP contribution in [0, 0.1) is 0 Å². The number of hydrogen-bond acceptors (Lipinski definition) is 5. The second kappa shape index (κ2) is 7.17. The van der Waals surface area contributed by atoms with Crippen molar-refractivity contribution in [2.75, 3.05) is 19.7 Å². The van der Waals surface area contributed by atoms with Crippen LogP contribution in [0.5, 0.6) is 0 Å².